The average Bonchev–Trinajstić information content (AvgIpc) is 2.69. The number of rotatable bonds is 2. The molecule has 0 spiro atoms. The molecule has 0 saturated carbocycles. The molecule has 0 aliphatic carbocycles. The second-order valence-electron chi connectivity index (χ2n) is 3.72. The first-order valence-corrected chi connectivity index (χ1v) is 4.87. The Hall–Kier alpha value is -1.13. The molecule has 0 bridgehead atoms. The van der Waals surface area contributed by atoms with E-state index in [-0.39, 0.29) is 11.8 Å². The van der Waals surface area contributed by atoms with Crippen LogP contribution >= 0.6 is 0 Å². The van der Waals surface area contributed by atoms with Gasteiger partial charge in [-0.3, -0.25) is 4.79 Å². The number of carbonyl (C=O) groups excluding carboxylic acids is 1. The molecule has 14 heavy (non-hydrogen) atoms. The van der Waals surface area contributed by atoms with E-state index < -0.39 is 0 Å². The monoisotopic (exact) mass is 193 g/mol. The molecule has 4 nitrogen and oxygen atoms in total. The quantitative estimate of drug-likeness (QED) is 0.655. The summed E-state index contributed by atoms with van der Waals surface area (Å²) in [6.07, 6.45) is 1.78. The van der Waals surface area contributed by atoms with Crippen LogP contribution in [-0.4, -0.2) is 48.4 Å². The van der Waals surface area contributed by atoms with Gasteiger partial charge in [0, 0.05) is 25.8 Å². The summed E-state index contributed by atoms with van der Waals surface area (Å²) < 4.78 is 0. The smallest absolute Gasteiger partial charge is 0.197 e. The third kappa shape index (κ3) is 1.86. The molecule has 1 fully saturated rings. The minimum atomic E-state index is -0.0626. The zero-order valence-electron chi connectivity index (χ0n) is 8.29. The van der Waals surface area contributed by atoms with E-state index in [2.05, 4.69) is 15.2 Å². The molecule has 1 saturated heterocycles. The number of aromatic amines is 1. The van der Waals surface area contributed by atoms with Gasteiger partial charge in [-0.05, 0) is 19.2 Å². The Morgan fingerprint density at radius 2 is 2.50 bits per heavy atom. The molecule has 0 radical (unpaired) electrons. The first kappa shape index (κ1) is 9.43. The van der Waals surface area contributed by atoms with Gasteiger partial charge in [0.2, 0.25) is 0 Å². The van der Waals surface area contributed by atoms with E-state index in [1.807, 2.05) is 19.2 Å². The summed E-state index contributed by atoms with van der Waals surface area (Å²) in [6.45, 7) is 2.68. The third-order valence-corrected chi connectivity index (χ3v) is 2.56. The molecule has 1 aliphatic heterocycles. The Labute approximate surface area is 83.3 Å². The number of piperazine rings is 1. The van der Waals surface area contributed by atoms with Crippen molar-refractivity contribution in [2.75, 3.05) is 26.7 Å². The number of nitrogens with one attached hydrogen (secondary N) is 2. The number of H-pyrrole nitrogens is 1. The highest BCUT2D eigenvalue weighted by Crippen LogP contribution is 2.04. The maximum atomic E-state index is 11.9. The molecule has 2 heterocycles. The lowest BCUT2D eigenvalue weighted by atomic mass is 10.1. The highest BCUT2D eigenvalue weighted by molar-refractivity contribution is 5.98. The molecule has 2 N–H and O–H groups in total. The van der Waals surface area contributed by atoms with E-state index in [0.29, 0.717) is 5.69 Å². The van der Waals surface area contributed by atoms with Gasteiger partial charge in [0.1, 0.15) is 0 Å². The molecule has 1 aromatic rings. The van der Waals surface area contributed by atoms with Gasteiger partial charge in [-0.15, -0.1) is 0 Å². The van der Waals surface area contributed by atoms with Gasteiger partial charge in [-0.2, -0.15) is 0 Å². The molecule has 0 amide bonds. The summed E-state index contributed by atoms with van der Waals surface area (Å²) >= 11 is 0. The molecule has 76 valence electrons. The summed E-state index contributed by atoms with van der Waals surface area (Å²) in [5, 5.41) is 3.23. The van der Waals surface area contributed by atoms with Crippen molar-refractivity contribution in [3.05, 3.63) is 24.0 Å². The zero-order valence-corrected chi connectivity index (χ0v) is 8.29. The number of aromatic nitrogens is 1. The predicted molar refractivity (Wildman–Crippen MR) is 54.4 cm³/mol. The van der Waals surface area contributed by atoms with E-state index in [9.17, 15) is 4.79 Å². The molecular weight excluding hydrogens is 178 g/mol. The lowest BCUT2D eigenvalue weighted by Gasteiger charge is -2.29. The predicted octanol–water partition coefficient (Wildman–Crippen LogP) is 0.101. The summed E-state index contributed by atoms with van der Waals surface area (Å²) in [5.41, 5.74) is 0.692. The van der Waals surface area contributed by atoms with Crippen molar-refractivity contribution in [1.82, 2.24) is 15.2 Å². The van der Waals surface area contributed by atoms with E-state index >= 15 is 0 Å². The van der Waals surface area contributed by atoms with Crippen LogP contribution in [0.2, 0.25) is 0 Å². The highest BCUT2D eigenvalue weighted by atomic mass is 16.1. The third-order valence-electron chi connectivity index (χ3n) is 2.56. The summed E-state index contributed by atoms with van der Waals surface area (Å²) in [6, 6.07) is 3.60. The summed E-state index contributed by atoms with van der Waals surface area (Å²) in [4.78, 5) is 17.0. The standard InChI is InChI=1S/C10H15N3O/c1-13-6-5-12-9(7-13)10(14)8-3-2-4-11-8/h2-4,9,11-12H,5-7H2,1H3. The highest BCUT2D eigenvalue weighted by Gasteiger charge is 2.24. The summed E-state index contributed by atoms with van der Waals surface area (Å²) in [5.74, 6) is 0.154. The Morgan fingerprint density at radius 1 is 1.64 bits per heavy atom. The van der Waals surface area contributed by atoms with Crippen LogP contribution in [-0.2, 0) is 0 Å². The van der Waals surface area contributed by atoms with Gasteiger partial charge in [0.25, 0.3) is 0 Å². The fourth-order valence-electron chi connectivity index (χ4n) is 1.74. The van der Waals surface area contributed by atoms with Crippen molar-refractivity contribution in [1.29, 1.82) is 0 Å². The van der Waals surface area contributed by atoms with Gasteiger partial charge in [0.05, 0.1) is 11.7 Å². The van der Waals surface area contributed by atoms with Crippen LogP contribution in [0, 0.1) is 0 Å². The fraction of sp³-hybridized carbons (Fsp3) is 0.500. The number of nitrogens with zero attached hydrogens (tertiary/aromatic N) is 1. The second-order valence-corrected chi connectivity index (χ2v) is 3.72. The SMILES string of the molecule is CN1CCNC(C(=O)c2ccc[nH]2)C1. The van der Waals surface area contributed by atoms with Crippen LogP contribution in [0.5, 0.6) is 0 Å². The fourth-order valence-corrected chi connectivity index (χ4v) is 1.74. The Kier molecular flexibility index (Phi) is 2.65. The molecule has 2 rings (SSSR count). The van der Waals surface area contributed by atoms with E-state index in [1.54, 1.807) is 6.20 Å². The normalized spacial score (nSPS) is 23.6. The van der Waals surface area contributed by atoms with Gasteiger partial charge >= 0.3 is 0 Å². The van der Waals surface area contributed by atoms with E-state index in [1.165, 1.54) is 0 Å². The van der Waals surface area contributed by atoms with Gasteiger partial charge < -0.3 is 15.2 Å². The number of carbonyl (C=O) groups is 1. The molecule has 0 aromatic carbocycles. The number of hydrogen-bond acceptors (Lipinski definition) is 3. The topological polar surface area (TPSA) is 48.1 Å². The molecule has 1 atom stereocenters. The second kappa shape index (κ2) is 3.94. The van der Waals surface area contributed by atoms with Crippen molar-refractivity contribution >= 4 is 5.78 Å². The summed E-state index contributed by atoms with van der Waals surface area (Å²) in [7, 11) is 2.04. The minimum Gasteiger partial charge on any atom is -0.359 e. The molecular formula is C10H15N3O. The van der Waals surface area contributed by atoms with Crippen molar-refractivity contribution < 1.29 is 4.79 Å². The lowest BCUT2D eigenvalue weighted by Crippen LogP contribution is -2.52. The Bertz CT molecular complexity index is 307. The first-order chi connectivity index (χ1) is 6.77. The van der Waals surface area contributed by atoms with Crippen LogP contribution in [0.1, 0.15) is 10.5 Å². The maximum Gasteiger partial charge on any atom is 0.197 e. The number of likely N-dealkylation sites (N-methyl/N-ethyl adjacent to an activating group) is 1. The van der Waals surface area contributed by atoms with Gasteiger partial charge in [0.15, 0.2) is 5.78 Å². The van der Waals surface area contributed by atoms with Crippen molar-refractivity contribution in [2.45, 2.75) is 6.04 Å². The van der Waals surface area contributed by atoms with Crippen LogP contribution < -0.4 is 5.32 Å². The Morgan fingerprint density at radius 3 is 3.14 bits per heavy atom. The molecule has 1 unspecified atom stereocenters. The Balaban J connectivity index is 2.04. The van der Waals surface area contributed by atoms with Gasteiger partial charge in [-0.25, -0.2) is 0 Å². The van der Waals surface area contributed by atoms with Crippen molar-refractivity contribution in [3.63, 3.8) is 0 Å². The first-order valence-electron chi connectivity index (χ1n) is 4.87. The van der Waals surface area contributed by atoms with Crippen LogP contribution in [0.15, 0.2) is 18.3 Å². The van der Waals surface area contributed by atoms with Crippen molar-refractivity contribution in [2.24, 2.45) is 0 Å². The average molecular weight is 193 g/mol. The molecule has 1 aliphatic rings. The molecule has 4 heteroatoms. The molecule has 1 aromatic heterocycles. The number of Topliss-reactive ketones (excluding diaryl/α,β-unsaturated/α-hetero) is 1. The maximum absolute atomic E-state index is 11.9. The van der Waals surface area contributed by atoms with E-state index in [4.69, 9.17) is 0 Å². The van der Waals surface area contributed by atoms with Crippen LogP contribution in [0.25, 0.3) is 0 Å². The lowest BCUT2D eigenvalue weighted by molar-refractivity contribution is 0.0890. The van der Waals surface area contributed by atoms with Gasteiger partial charge in [-0.1, -0.05) is 0 Å². The van der Waals surface area contributed by atoms with E-state index in [0.717, 1.165) is 19.6 Å². The van der Waals surface area contributed by atoms with Crippen LogP contribution in [0.3, 0.4) is 0 Å². The largest absolute Gasteiger partial charge is 0.359 e. The zero-order chi connectivity index (χ0) is 9.97. The minimum absolute atomic E-state index is 0.0626. The number of ketones is 1. The number of hydrogen-bond donors (Lipinski definition) is 2. The van der Waals surface area contributed by atoms with Crippen LogP contribution in [0.4, 0.5) is 0 Å². The van der Waals surface area contributed by atoms with Crippen molar-refractivity contribution in [3.8, 4) is 0 Å².